The second-order valence-corrected chi connectivity index (χ2v) is 14.5. The number of carbonyl (C=O) groups is 2. The van der Waals surface area contributed by atoms with Gasteiger partial charge < -0.3 is 21.1 Å². The van der Waals surface area contributed by atoms with Crippen molar-refractivity contribution >= 4 is 39.3 Å². The summed E-state index contributed by atoms with van der Waals surface area (Å²) in [5.41, 5.74) is 7.22. The van der Waals surface area contributed by atoms with Crippen molar-refractivity contribution < 1.29 is 36.3 Å². The molecule has 3 aromatic rings. The second-order valence-electron chi connectivity index (χ2n) is 12.0. The molecule has 5 rings (SSSR count). The largest absolute Gasteiger partial charge is 0.465 e. The maximum absolute atomic E-state index is 15.3. The number of carboxylic acid groups (broad SMARTS) is 1. The molecule has 2 aromatic carbocycles. The molecule has 2 saturated heterocycles. The maximum atomic E-state index is 15.3. The summed E-state index contributed by atoms with van der Waals surface area (Å²) in [6.45, 7) is 0.702. The molecule has 1 aromatic heterocycles. The average molecular weight is 694 g/mol. The van der Waals surface area contributed by atoms with Crippen LogP contribution in [0.15, 0.2) is 60.8 Å². The van der Waals surface area contributed by atoms with Gasteiger partial charge in [-0.25, -0.2) is 17.6 Å². The third kappa shape index (κ3) is 7.72. The zero-order chi connectivity index (χ0) is 34.1. The van der Waals surface area contributed by atoms with Crippen molar-refractivity contribution in [2.45, 2.75) is 62.6 Å². The van der Waals surface area contributed by atoms with Crippen LogP contribution in [0, 0.1) is 5.82 Å². The number of halogens is 4. The van der Waals surface area contributed by atoms with Gasteiger partial charge in [-0.2, -0.15) is 13.1 Å². The Balaban J connectivity index is 1.39. The van der Waals surface area contributed by atoms with E-state index in [9.17, 15) is 31.9 Å². The number of benzene rings is 2. The molecule has 15 heteroatoms. The summed E-state index contributed by atoms with van der Waals surface area (Å²) in [6, 6.07) is 10.7. The minimum atomic E-state index is -3.64. The molecule has 5 unspecified atom stereocenters. The fraction of sp³-hybridized carbons (Fsp3) is 0.406. The lowest BCUT2D eigenvalue weighted by atomic mass is 9.85. The Morgan fingerprint density at radius 1 is 1.13 bits per heavy atom. The van der Waals surface area contributed by atoms with Crippen LogP contribution in [0.3, 0.4) is 0 Å². The van der Waals surface area contributed by atoms with Crippen molar-refractivity contribution in [3.8, 4) is 0 Å². The van der Waals surface area contributed by atoms with Gasteiger partial charge in [-0.15, -0.1) is 0 Å². The van der Waals surface area contributed by atoms with Crippen LogP contribution in [0.2, 0.25) is 5.02 Å². The van der Waals surface area contributed by atoms with E-state index in [0.717, 1.165) is 13.0 Å². The van der Waals surface area contributed by atoms with Crippen LogP contribution >= 0.6 is 11.6 Å². The molecule has 2 fully saturated rings. The van der Waals surface area contributed by atoms with Crippen LogP contribution in [-0.4, -0.2) is 76.7 Å². The summed E-state index contributed by atoms with van der Waals surface area (Å²) in [5.74, 6) is -5.46. The fourth-order valence-electron chi connectivity index (χ4n) is 6.33. The number of sulfonamides is 1. The lowest BCUT2D eigenvalue weighted by Crippen LogP contribution is -2.60. The highest BCUT2D eigenvalue weighted by molar-refractivity contribution is 7.89. The lowest BCUT2D eigenvalue weighted by molar-refractivity contribution is -0.117. The Hall–Kier alpha value is -3.72. The number of hydrogen-bond acceptors (Lipinski definition) is 6. The number of amides is 2. The predicted molar refractivity (Wildman–Crippen MR) is 170 cm³/mol. The summed E-state index contributed by atoms with van der Waals surface area (Å²) in [5, 5.41) is 12.9. The number of anilines is 1. The van der Waals surface area contributed by atoms with Crippen LogP contribution in [-0.2, 0) is 27.2 Å². The van der Waals surface area contributed by atoms with E-state index in [1.54, 1.807) is 24.3 Å². The van der Waals surface area contributed by atoms with E-state index < -0.39 is 63.5 Å². The molecular formula is C32H35ClF3N5O5S. The number of carbonyl (C=O) groups excluding carboxylic acids is 1. The Kier molecular flexibility index (Phi) is 10.2. The van der Waals surface area contributed by atoms with Gasteiger partial charge in [0.1, 0.15) is 11.5 Å². The Morgan fingerprint density at radius 3 is 2.47 bits per heavy atom. The molecule has 0 saturated carbocycles. The number of pyridine rings is 1. The number of rotatable bonds is 9. The minimum Gasteiger partial charge on any atom is -0.465 e. The number of fused-ring (bicyclic) bond motifs is 2. The molecule has 5 atom stereocenters. The molecule has 2 bridgehead atoms. The van der Waals surface area contributed by atoms with E-state index in [2.05, 4.69) is 10.3 Å². The highest BCUT2D eigenvalue weighted by atomic mass is 35.5. The standard InChI is InChI=1S/C32H35ClF3N5O5S/c1-32(35,36)27-14-9-20(16-38-27)28(19-7-10-21(33)11-8-19)29(37)30(42)39-26-6-2-5-25(34)24(26)13-12-23-17-40(31(43)44)22-4-3-15-47(45,46)41(23)18-22/h2,5-11,14,16,22-23,28-29H,3-4,12-13,15,17-18,37H2,1H3,(H,39,42)(H,43,44). The van der Waals surface area contributed by atoms with Crippen molar-refractivity contribution in [1.82, 2.24) is 14.2 Å². The number of piperazine rings is 1. The van der Waals surface area contributed by atoms with Crippen molar-refractivity contribution in [3.05, 3.63) is 94.0 Å². The summed E-state index contributed by atoms with van der Waals surface area (Å²) in [6.07, 6.45) is 0.948. The smallest absolute Gasteiger partial charge is 0.407 e. The van der Waals surface area contributed by atoms with Crippen LogP contribution < -0.4 is 11.1 Å². The SMILES string of the molecule is CC(F)(F)c1ccc(C(c2ccc(Cl)cc2)C(N)C(=O)Nc2cccc(F)c2CCC2CN(C(=O)O)C3CCCS(=O)(=O)N2C3)cn1. The minimum absolute atomic E-state index is 0.0104. The van der Waals surface area contributed by atoms with Crippen LogP contribution in [0.1, 0.15) is 54.5 Å². The summed E-state index contributed by atoms with van der Waals surface area (Å²) < 4.78 is 70.4. The van der Waals surface area contributed by atoms with E-state index in [4.69, 9.17) is 17.3 Å². The third-order valence-corrected chi connectivity index (χ3v) is 11.0. The number of alkyl halides is 2. The number of aromatic nitrogens is 1. The van der Waals surface area contributed by atoms with E-state index in [0.29, 0.717) is 29.0 Å². The highest BCUT2D eigenvalue weighted by Gasteiger charge is 2.43. The van der Waals surface area contributed by atoms with E-state index in [-0.39, 0.29) is 42.9 Å². The molecule has 2 aliphatic heterocycles. The number of hydrogen-bond donors (Lipinski definition) is 3. The highest BCUT2D eigenvalue weighted by Crippen LogP contribution is 2.33. The van der Waals surface area contributed by atoms with Gasteiger partial charge in [-0.05, 0) is 67.1 Å². The molecule has 0 radical (unpaired) electrons. The number of nitrogens with zero attached hydrogens (tertiary/aromatic N) is 3. The first-order chi connectivity index (χ1) is 22.2. The molecule has 2 amide bonds. The van der Waals surface area contributed by atoms with Crippen LogP contribution in [0.5, 0.6) is 0 Å². The first-order valence-corrected chi connectivity index (χ1v) is 17.1. The fourth-order valence-corrected chi connectivity index (χ4v) is 8.25. The number of nitrogens with two attached hydrogens (primary N) is 1. The van der Waals surface area contributed by atoms with Gasteiger partial charge in [0.15, 0.2) is 0 Å². The summed E-state index contributed by atoms with van der Waals surface area (Å²) in [4.78, 5) is 30.8. The van der Waals surface area contributed by atoms with E-state index >= 15 is 4.39 Å². The average Bonchev–Trinajstić information content (AvgIpc) is 3.14. The molecule has 0 aliphatic carbocycles. The molecule has 0 spiro atoms. The predicted octanol–water partition coefficient (Wildman–Crippen LogP) is 5.17. The van der Waals surface area contributed by atoms with Crippen LogP contribution in [0.4, 0.5) is 23.7 Å². The van der Waals surface area contributed by atoms with Gasteiger partial charge >= 0.3 is 6.09 Å². The van der Waals surface area contributed by atoms with Gasteiger partial charge in [0, 0.05) is 60.5 Å². The van der Waals surface area contributed by atoms with Crippen LogP contribution in [0.25, 0.3) is 0 Å². The molecule has 10 nitrogen and oxygen atoms in total. The topological polar surface area (TPSA) is 146 Å². The number of nitrogens with one attached hydrogen (secondary N) is 1. The van der Waals surface area contributed by atoms with Crippen molar-refractivity contribution in [2.75, 3.05) is 24.2 Å². The van der Waals surface area contributed by atoms with Gasteiger partial charge in [0.05, 0.1) is 11.8 Å². The summed E-state index contributed by atoms with van der Waals surface area (Å²) >= 11 is 6.07. The van der Waals surface area contributed by atoms with Crippen molar-refractivity contribution in [3.63, 3.8) is 0 Å². The lowest BCUT2D eigenvalue weighted by Gasteiger charge is -2.43. The van der Waals surface area contributed by atoms with Gasteiger partial charge in [-0.3, -0.25) is 9.78 Å². The normalized spacial score (nSPS) is 22.2. The first kappa shape index (κ1) is 34.6. The zero-order valence-corrected chi connectivity index (χ0v) is 27.0. The van der Waals surface area contributed by atoms with Crippen molar-refractivity contribution in [2.24, 2.45) is 5.73 Å². The zero-order valence-electron chi connectivity index (χ0n) is 25.5. The van der Waals surface area contributed by atoms with Gasteiger partial charge in [0.25, 0.3) is 5.92 Å². The Labute approximate surface area is 275 Å². The molecular weight excluding hydrogens is 659 g/mol. The molecule has 3 heterocycles. The Morgan fingerprint density at radius 2 is 1.83 bits per heavy atom. The van der Waals surface area contributed by atoms with Crippen molar-refractivity contribution in [1.29, 1.82) is 0 Å². The monoisotopic (exact) mass is 693 g/mol. The summed E-state index contributed by atoms with van der Waals surface area (Å²) in [7, 11) is -3.64. The first-order valence-electron chi connectivity index (χ1n) is 15.1. The third-order valence-electron chi connectivity index (χ3n) is 8.78. The maximum Gasteiger partial charge on any atom is 0.407 e. The molecule has 2 aliphatic rings. The molecule has 4 N–H and O–H groups in total. The molecule has 252 valence electrons. The van der Waals surface area contributed by atoms with E-state index in [1.165, 1.54) is 39.7 Å². The van der Waals surface area contributed by atoms with Gasteiger partial charge in [-0.1, -0.05) is 35.9 Å². The molecule has 47 heavy (non-hydrogen) atoms. The Bertz CT molecular complexity index is 1720. The second kappa shape index (κ2) is 13.8. The van der Waals surface area contributed by atoms with Gasteiger partial charge in [0.2, 0.25) is 15.9 Å². The van der Waals surface area contributed by atoms with E-state index in [1.807, 2.05) is 0 Å². The quantitative estimate of drug-likeness (QED) is 0.280.